The number of carboxylic acid groups (broad SMARTS) is 1. The van der Waals surface area contributed by atoms with Crippen LogP contribution in [0, 0.1) is 13.8 Å². The maximum absolute atomic E-state index is 12.0. The molecule has 104 valence electrons. The molecule has 1 amide bonds. The van der Waals surface area contributed by atoms with Crippen molar-refractivity contribution in [1.82, 2.24) is 0 Å². The zero-order chi connectivity index (χ0) is 14.8. The molecule has 0 atom stereocenters. The number of carboxylic acids is 1. The standard InChI is InChI=1S/C14H19NO4/c1-8-6-9(2)11(10(7-8)12(16)17)15-13(18)14(3,4)19-5/h6-7H,1-5H3,(H,15,18)(H,16,17). The van der Waals surface area contributed by atoms with Gasteiger partial charge in [-0.25, -0.2) is 4.79 Å². The minimum absolute atomic E-state index is 0.0813. The highest BCUT2D eigenvalue weighted by molar-refractivity contribution is 6.04. The first-order valence-corrected chi connectivity index (χ1v) is 5.90. The van der Waals surface area contributed by atoms with Crippen LogP contribution >= 0.6 is 0 Å². The van der Waals surface area contributed by atoms with Crippen molar-refractivity contribution in [2.75, 3.05) is 12.4 Å². The van der Waals surface area contributed by atoms with Gasteiger partial charge in [-0.1, -0.05) is 6.07 Å². The Morgan fingerprint density at radius 2 is 1.84 bits per heavy atom. The second-order valence-electron chi connectivity index (χ2n) is 4.98. The van der Waals surface area contributed by atoms with Crippen LogP contribution in [0.1, 0.15) is 35.3 Å². The summed E-state index contributed by atoms with van der Waals surface area (Å²) in [4.78, 5) is 23.3. The van der Waals surface area contributed by atoms with E-state index in [-0.39, 0.29) is 11.5 Å². The summed E-state index contributed by atoms with van der Waals surface area (Å²) in [6.07, 6.45) is 0. The van der Waals surface area contributed by atoms with Gasteiger partial charge in [0, 0.05) is 7.11 Å². The largest absolute Gasteiger partial charge is 0.478 e. The molecule has 0 unspecified atom stereocenters. The number of ether oxygens (including phenoxy) is 1. The van der Waals surface area contributed by atoms with Gasteiger partial charge in [-0.15, -0.1) is 0 Å². The van der Waals surface area contributed by atoms with Crippen molar-refractivity contribution < 1.29 is 19.4 Å². The van der Waals surface area contributed by atoms with E-state index >= 15 is 0 Å². The smallest absolute Gasteiger partial charge is 0.337 e. The molecule has 2 N–H and O–H groups in total. The van der Waals surface area contributed by atoms with E-state index in [1.807, 2.05) is 13.0 Å². The Morgan fingerprint density at radius 1 is 1.26 bits per heavy atom. The Kier molecular flexibility index (Phi) is 4.32. The lowest BCUT2D eigenvalue weighted by Crippen LogP contribution is -2.39. The van der Waals surface area contributed by atoms with E-state index in [4.69, 9.17) is 4.74 Å². The molecule has 0 heterocycles. The van der Waals surface area contributed by atoms with Crippen molar-refractivity contribution in [1.29, 1.82) is 0 Å². The predicted octanol–water partition coefficient (Wildman–Crippen LogP) is 2.37. The van der Waals surface area contributed by atoms with Gasteiger partial charge >= 0.3 is 5.97 Å². The zero-order valence-electron chi connectivity index (χ0n) is 11.8. The lowest BCUT2D eigenvalue weighted by atomic mass is 10.0. The van der Waals surface area contributed by atoms with Crippen LogP contribution in [0.4, 0.5) is 5.69 Å². The molecule has 1 rings (SSSR count). The summed E-state index contributed by atoms with van der Waals surface area (Å²) in [7, 11) is 1.43. The van der Waals surface area contributed by atoms with Gasteiger partial charge in [0.2, 0.25) is 0 Å². The summed E-state index contributed by atoms with van der Waals surface area (Å²) in [5, 5.41) is 11.8. The number of carbonyl (C=O) groups is 2. The third-order valence-electron chi connectivity index (χ3n) is 3.01. The van der Waals surface area contributed by atoms with Crippen molar-refractivity contribution in [3.63, 3.8) is 0 Å². The number of benzene rings is 1. The van der Waals surface area contributed by atoms with Crippen molar-refractivity contribution in [2.45, 2.75) is 33.3 Å². The Bertz CT molecular complexity index is 520. The Hall–Kier alpha value is -1.88. The summed E-state index contributed by atoms with van der Waals surface area (Å²) in [6, 6.07) is 3.35. The molecule has 19 heavy (non-hydrogen) atoms. The summed E-state index contributed by atoms with van der Waals surface area (Å²) >= 11 is 0. The number of carbonyl (C=O) groups excluding carboxylic acids is 1. The van der Waals surface area contributed by atoms with Gasteiger partial charge in [0.1, 0.15) is 5.60 Å². The number of aryl methyl sites for hydroxylation is 2. The molecule has 0 aliphatic rings. The Labute approximate surface area is 112 Å². The van der Waals surface area contributed by atoms with Gasteiger partial charge in [0.25, 0.3) is 5.91 Å². The highest BCUT2D eigenvalue weighted by Gasteiger charge is 2.28. The molecule has 0 saturated heterocycles. The molecule has 0 aromatic heterocycles. The molecule has 1 aromatic rings. The molecule has 0 spiro atoms. The fourth-order valence-electron chi connectivity index (χ4n) is 1.66. The van der Waals surface area contributed by atoms with Gasteiger partial charge in [-0.05, 0) is 44.9 Å². The number of anilines is 1. The van der Waals surface area contributed by atoms with Crippen molar-refractivity contribution in [2.24, 2.45) is 0 Å². The second-order valence-corrected chi connectivity index (χ2v) is 4.98. The van der Waals surface area contributed by atoms with Crippen molar-refractivity contribution in [3.8, 4) is 0 Å². The number of hydrogen-bond acceptors (Lipinski definition) is 3. The lowest BCUT2D eigenvalue weighted by molar-refractivity contribution is -0.133. The van der Waals surface area contributed by atoms with Crippen molar-refractivity contribution in [3.05, 3.63) is 28.8 Å². The molecule has 0 aliphatic heterocycles. The number of nitrogens with one attached hydrogen (secondary N) is 1. The van der Waals surface area contributed by atoms with Crippen LogP contribution in [-0.2, 0) is 9.53 Å². The number of methoxy groups -OCH3 is 1. The maximum atomic E-state index is 12.0. The SMILES string of the molecule is COC(C)(C)C(=O)Nc1c(C)cc(C)cc1C(=O)O. The third kappa shape index (κ3) is 3.32. The van der Waals surface area contributed by atoms with Crippen LogP contribution in [-0.4, -0.2) is 29.7 Å². The molecule has 5 heteroatoms. The van der Waals surface area contributed by atoms with Crippen LogP contribution < -0.4 is 5.32 Å². The summed E-state index contributed by atoms with van der Waals surface area (Å²) < 4.78 is 5.08. The fourth-order valence-corrected chi connectivity index (χ4v) is 1.66. The average Bonchev–Trinajstić information content (AvgIpc) is 2.31. The molecular formula is C14H19NO4. The van der Waals surface area contributed by atoms with E-state index in [0.717, 1.165) is 5.56 Å². The summed E-state index contributed by atoms with van der Waals surface area (Å²) in [5.74, 6) is -1.46. The van der Waals surface area contributed by atoms with E-state index in [2.05, 4.69) is 5.32 Å². The summed E-state index contributed by atoms with van der Waals surface area (Å²) in [5.41, 5.74) is 0.912. The first kappa shape index (κ1) is 15.2. The first-order chi connectivity index (χ1) is 8.69. The maximum Gasteiger partial charge on any atom is 0.337 e. The molecule has 0 saturated carbocycles. The molecule has 0 fully saturated rings. The van der Waals surface area contributed by atoms with Crippen LogP contribution in [0.3, 0.4) is 0 Å². The summed E-state index contributed by atoms with van der Waals surface area (Å²) in [6.45, 7) is 6.80. The number of amides is 1. The van der Waals surface area contributed by atoms with Crippen LogP contribution in [0.2, 0.25) is 0 Å². The Balaban J connectivity index is 3.21. The lowest BCUT2D eigenvalue weighted by Gasteiger charge is -2.23. The topological polar surface area (TPSA) is 75.6 Å². The highest BCUT2D eigenvalue weighted by Crippen LogP contribution is 2.24. The second kappa shape index (κ2) is 5.40. The minimum Gasteiger partial charge on any atom is -0.478 e. The van der Waals surface area contributed by atoms with Crippen LogP contribution in [0.5, 0.6) is 0 Å². The molecule has 1 aromatic carbocycles. The normalized spacial score (nSPS) is 11.2. The van der Waals surface area contributed by atoms with Gasteiger partial charge in [-0.2, -0.15) is 0 Å². The van der Waals surface area contributed by atoms with Gasteiger partial charge < -0.3 is 15.2 Å². The van der Waals surface area contributed by atoms with Gasteiger partial charge in [-0.3, -0.25) is 4.79 Å². The van der Waals surface area contributed by atoms with Crippen LogP contribution in [0.15, 0.2) is 12.1 Å². The zero-order valence-corrected chi connectivity index (χ0v) is 11.8. The van der Waals surface area contributed by atoms with E-state index in [0.29, 0.717) is 11.3 Å². The molecule has 0 bridgehead atoms. The Morgan fingerprint density at radius 3 is 2.32 bits per heavy atom. The first-order valence-electron chi connectivity index (χ1n) is 5.90. The highest BCUT2D eigenvalue weighted by atomic mass is 16.5. The van der Waals surface area contributed by atoms with E-state index in [1.54, 1.807) is 20.8 Å². The number of aromatic carboxylic acids is 1. The van der Waals surface area contributed by atoms with E-state index in [9.17, 15) is 14.7 Å². The van der Waals surface area contributed by atoms with Crippen molar-refractivity contribution >= 4 is 17.6 Å². The van der Waals surface area contributed by atoms with E-state index in [1.165, 1.54) is 13.2 Å². The molecule has 5 nitrogen and oxygen atoms in total. The average molecular weight is 265 g/mol. The third-order valence-corrected chi connectivity index (χ3v) is 3.01. The predicted molar refractivity (Wildman–Crippen MR) is 72.6 cm³/mol. The monoisotopic (exact) mass is 265 g/mol. The minimum atomic E-state index is -1.07. The fraction of sp³-hybridized carbons (Fsp3) is 0.429. The van der Waals surface area contributed by atoms with Gasteiger partial charge in [0.05, 0.1) is 11.3 Å². The van der Waals surface area contributed by atoms with E-state index < -0.39 is 11.6 Å². The molecule has 0 aliphatic carbocycles. The number of rotatable bonds is 4. The molecular weight excluding hydrogens is 246 g/mol. The molecule has 0 radical (unpaired) electrons. The van der Waals surface area contributed by atoms with Crippen LogP contribution in [0.25, 0.3) is 0 Å². The quantitative estimate of drug-likeness (QED) is 0.876. The van der Waals surface area contributed by atoms with Gasteiger partial charge in [0.15, 0.2) is 0 Å². The number of hydrogen-bond donors (Lipinski definition) is 2.